The summed E-state index contributed by atoms with van der Waals surface area (Å²) in [6.07, 6.45) is 7.17. The van der Waals surface area contributed by atoms with Crippen LogP contribution < -0.4 is 5.32 Å². The molecule has 112 valence electrons. The number of nitrogens with one attached hydrogen (secondary N) is 1. The third kappa shape index (κ3) is 2.96. The van der Waals surface area contributed by atoms with E-state index in [1.165, 1.54) is 16.9 Å². The summed E-state index contributed by atoms with van der Waals surface area (Å²) in [6.45, 7) is 2.19. The Kier molecular flexibility index (Phi) is 4.65. The van der Waals surface area contributed by atoms with Crippen molar-refractivity contribution in [2.75, 3.05) is 19.4 Å². The van der Waals surface area contributed by atoms with Crippen molar-refractivity contribution in [2.45, 2.75) is 43.5 Å². The van der Waals surface area contributed by atoms with Gasteiger partial charge in [0.1, 0.15) is 4.90 Å². The second kappa shape index (κ2) is 6.10. The van der Waals surface area contributed by atoms with Gasteiger partial charge in [0.05, 0.1) is 5.69 Å². The van der Waals surface area contributed by atoms with Crippen LogP contribution in [0, 0.1) is 5.92 Å². The molecule has 2 rings (SSSR count). The van der Waals surface area contributed by atoms with Crippen LogP contribution in [-0.4, -0.2) is 37.8 Å². The van der Waals surface area contributed by atoms with E-state index in [-0.39, 0.29) is 10.9 Å². The molecule has 1 aliphatic carbocycles. The van der Waals surface area contributed by atoms with E-state index in [9.17, 15) is 8.42 Å². The van der Waals surface area contributed by atoms with Crippen molar-refractivity contribution >= 4 is 15.7 Å². The molecule has 1 aromatic heterocycles. The van der Waals surface area contributed by atoms with Crippen molar-refractivity contribution < 1.29 is 8.42 Å². The van der Waals surface area contributed by atoms with Gasteiger partial charge in [-0.2, -0.15) is 4.31 Å². The molecule has 20 heavy (non-hydrogen) atoms. The second-order valence-electron chi connectivity index (χ2n) is 5.57. The van der Waals surface area contributed by atoms with Crippen LogP contribution in [0.2, 0.25) is 0 Å². The lowest BCUT2D eigenvalue weighted by molar-refractivity contribution is 0.239. The van der Waals surface area contributed by atoms with Crippen LogP contribution in [0.5, 0.6) is 0 Å². The second-order valence-corrected chi connectivity index (χ2v) is 7.53. The van der Waals surface area contributed by atoms with Crippen LogP contribution in [0.25, 0.3) is 0 Å². The van der Waals surface area contributed by atoms with Crippen LogP contribution in [0.1, 0.15) is 32.6 Å². The summed E-state index contributed by atoms with van der Waals surface area (Å²) in [5.41, 5.74) is 0.593. The molecule has 6 heteroatoms. The molecule has 2 unspecified atom stereocenters. The van der Waals surface area contributed by atoms with E-state index in [0.29, 0.717) is 11.6 Å². The van der Waals surface area contributed by atoms with Crippen LogP contribution in [0.15, 0.2) is 23.4 Å². The smallest absolute Gasteiger partial charge is 0.246 e. The molecule has 1 aliphatic rings. The highest BCUT2D eigenvalue weighted by Gasteiger charge is 2.32. The Morgan fingerprint density at radius 3 is 2.80 bits per heavy atom. The van der Waals surface area contributed by atoms with Gasteiger partial charge in [0, 0.05) is 32.5 Å². The molecule has 0 aliphatic heterocycles. The molecule has 0 bridgehead atoms. The van der Waals surface area contributed by atoms with Gasteiger partial charge < -0.3 is 5.32 Å². The van der Waals surface area contributed by atoms with Gasteiger partial charge in [-0.3, -0.25) is 4.98 Å². The first-order valence-electron chi connectivity index (χ1n) is 7.06. The van der Waals surface area contributed by atoms with Crippen molar-refractivity contribution in [1.82, 2.24) is 9.29 Å². The number of anilines is 1. The van der Waals surface area contributed by atoms with Gasteiger partial charge in [-0.15, -0.1) is 0 Å². The van der Waals surface area contributed by atoms with Gasteiger partial charge in [0.2, 0.25) is 10.0 Å². The lowest BCUT2D eigenvalue weighted by Crippen LogP contribution is -2.40. The Bertz CT molecular complexity index is 559. The average Bonchev–Trinajstić information content (AvgIpc) is 2.46. The Balaban J connectivity index is 2.29. The zero-order valence-corrected chi connectivity index (χ0v) is 13.2. The van der Waals surface area contributed by atoms with Crippen molar-refractivity contribution in [3.63, 3.8) is 0 Å². The topological polar surface area (TPSA) is 62.3 Å². The van der Waals surface area contributed by atoms with E-state index in [2.05, 4.69) is 17.2 Å². The highest BCUT2D eigenvalue weighted by molar-refractivity contribution is 7.89. The van der Waals surface area contributed by atoms with Crippen molar-refractivity contribution in [2.24, 2.45) is 5.92 Å². The molecule has 2 atom stereocenters. The number of rotatable bonds is 4. The maximum Gasteiger partial charge on any atom is 0.246 e. The highest BCUT2D eigenvalue weighted by atomic mass is 32.2. The number of aromatic nitrogens is 1. The Morgan fingerprint density at radius 2 is 2.15 bits per heavy atom. The largest absolute Gasteiger partial charge is 0.387 e. The third-order valence-corrected chi connectivity index (χ3v) is 6.07. The van der Waals surface area contributed by atoms with E-state index < -0.39 is 10.0 Å². The number of hydrogen-bond acceptors (Lipinski definition) is 4. The van der Waals surface area contributed by atoms with Crippen LogP contribution in [-0.2, 0) is 10.0 Å². The zero-order chi connectivity index (χ0) is 14.8. The van der Waals surface area contributed by atoms with Crippen LogP contribution in [0.3, 0.4) is 0 Å². The predicted octanol–water partition coefficient (Wildman–Crippen LogP) is 2.32. The molecule has 0 saturated heterocycles. The summed E-state index contributed by atoms with van der Waals surface area (Å²) in [6, 6.07) is 1.78. The fourth-order valence-electron chi connectivity index (χ4n) is 2.88. The molecule has 0 amide bonds. The van der Waals surface area contributed by atoms with E-state index in [0.717, 1.165) is 19.3 Å². The van der Waals surface area contributed by atoms with E-state index in [4.69, 9.17) is 0 Å². The average molecular weight is 297 g/mol. The molecular formula is C14H23N3O2S. The van der Waals surface area contributed by atoms with E-state index in [1.54, 1.807) is 26.4 Å². The maximum absolute atomic E-state index is 12.8. The molecule has 5 nitrogen and oxygen atoms in total. The normalized spacial score (nSPS) is 23.8. The molecule has 1 fully saturated rings. The molecular weight excluding hydrogens is 274 g/mol. The summed E-state index contributed by atoms with van der Waals surface area (Å²) in [5.74, 6) is 0.587. The summed E-state index contributed by atoms with van der Waals surface area (Å²) < 4.78 is 27.1. The molecule has 1 N–H and O–H groups in total. The molecule has 0 spiro atoms. The fraction of sp³-hybridized carbons (Fsp3) is 0.643. The Morgan fingerprint density at radius 1 is 1.40 bits per heavy atom. The van der Waals surface area contributed by atoms with Gasteiger partial charge in [-0.05, 0) is 24.8 Å². The summed E-state index contributed by atoms with van der Waals surface area (Å²) >= 11 is 0. The number of hydrogen-bond donors (Lipinski definition) is 1. The van der Waals surface area contributed by atoms with Crippen molar-refractivity contribution in [3.05, 3.63) is 18.5 Å². The minimum absolute atomic E-state index is 0.0914. The van der Waals surface area contributed by atoms with Gasteiger partial charge in [-0.25, -0.2) is 8.42 Å². The van der Waals surface area contributed by atoms with Gasteiger partial charge >= 0.3 is 0 Å². The first kappa shape index (κ1) is 15.3. The summed E-state index contributed by atoms with van der Waals surface area (Å²) in [5, 5.41) is 2.92. The first-order chi connectivity index (χ1) is 9.46. The van der Waals surface area contributed by atoms with Crippen molar-refractivity contribution in [1.29, 1.82) is 0 Å². The lowest BCUT2D eigenvalue weighted by atomic mass is 9.87. The zero-order valence-electron chi connectivity index (χ0n) is 12.3. The minimum Gasteiger partial charge on any atom is -0.387 e. The van der Waals surface area contributed by atoms with Crippen molar-refractivity contribution in [3.8, 4) is 0 Å². The fourth-order valence-corrected chi connectivity index (χ4v) is 4.41. The van der Waals surface area contributed by atoms with Gasteiger partial charge in [0.15, 0.2) is 0 Å². The maximum atomic E-state index is 12.8. The third-order valence-electron chi connectivity index (χ3n) is 4.13. The minimum atomic E-state index is -3.50. The highest BCUT2D eigenvalue weighted by Crippen LogP contribution is 2.31. The summed E-state index contributed by atoms with van der Waals surface area (Å²) in [4.78, 5) is 4.21. The molecule has 1 aromatic rings. The number of sulfonamides is 1. The van der Waals surface area contributed by atoms with E-state index in [1.807, 2.05) is 0 Å². The van der Waals surface area contributed by atoms with Crippen LogP contribution >= 0.6 is 0 Å². The quantitative estimate of drug-likeness (QED) is 0.926. The number of nitrogens with zero attached hydrogens (tertiary/aromatic N) is 2. The standard InChI is InChI=1S/C14H23N3O2S/c1-11-5-4-6-12(9-11)17(3)20(18,19)14-10-16-8-7-13(14)15-2/h7-8,10-12H,4-6,9H2,1-3H3,(H,15,16). The molecule has 1 heterocycles. The predicted molar refractivity (Wildman–Crippen MR) is 80.2 cm³/mol. The van der Waals surface area contributed by atoms with Gasteiger partial charge in [0.25, 0.3) is 0 Å². The molecule has 0 radical (unpaired) electrons. The van der Waals surface area contributed by atoms with E-state index >= 15 is 0 Å². The summed E-state index contributed by atoms with van der Waals surface area (Å²) in [7, 11) is -0.0922. The lowest BCUT2D eigenvalue weighted by Gasteiger charge is -2.33. The molecule has 0 aromatic carbocycles. The Hall–Kier alpha value is -1.14. The first-order valence-corrected chi connectivity index (χ1v) is 8.50. The van der Waals surface area contributed by atoms with Gasteiger partial charge in [-0.1, -0.05) is 19.8 Å². The van der Waals surface area contributed by atoms with Crippen LogP contribution in [0.4, 0.5) is 5.69 Å². The number of pyridine rings is 1. The Labute approximate surface area is 121 Å². The SMILES string of the molecule is CNc1ccncc1S(=O)(=O)N(C)C1CCCC(C)C1. The monoisotopic (exact) mass is 297 g/mol. The molecule has 1 saturated carbocycles.